The summed E-state index contributed by atoms with van der Waals surface area (Å²) in [6.45, 7) is 57.9. The molecule has 16 aliphatic rings. The van der Waals surface area contributed by atoms with Gasteiger partial charge in [0.15, 0.2) is 0 Å². The first-order valence-corrected chi connectivity index (χ1v) is 43.5. The maximum absolute atomic E-state index is 2.54. The first kappa shape index (κ1) is 90.0. The van der Waals surface area contributed by atoms with Crippen molar-refractivity contribution < 1.29 is 0 Å². The molecule has 0 aromatic rings. The zero-order valence-electron chi connectivity index (χ0n) is 69.5. The Morgan fingerprint density at radius 3 is 0.815 bits per heavy atom. The van der Waals surface area contributed by atoms with Crippen LogP contribution in [0.2, 0.25) is 0 Å². The van der Waals surface area contributed by atoms with Crippen molar-refractivity contribution in [3.05, 3.63) is 0 Å². The van der Waals surface area contributed by atoms with Crippen molar-refractivity contribution in [1.82, 2.24) is 0 Å². The number of hydrogen-bond acceptors (Lipinski definition) is 0. The summed E-state index contributed by atoms with van der Waals surface area (Å²) in [6, 6.07) is 0. The highest BCUT2D eigenvalue weighted by molar-refractivity contribution is 5.01. The van der Waals surface area contributed by atoms with E-state index in [4.69, 9.17) is 0 Å². The molecule has 552 valence electrons. The minimum absolute atomic E-state index is 0.500. The maximum Gasteiger partial charge on any atom is -0.0292 e. The molecular formula is C92H184. The zero-order chi connectivity index (χ0) is 69.5. The monoisotopic (exact) mass is 1290 g/mol. The predicted molar refractivity (Wildman–Crippen MR) is 423 cm³/mol. The maximum atomic E-state index is 2.54. The van der Waals surface area contributed by atoms with E-state index in [1.165, 1.54) is 154 Å². The molecule has 0 spiro atoms. The van der Waals surface area contributed by atoms with Crippen molar-refractivity contribution in [3.63, 3.8) is 0 Å². The van der Waals surface area contributed by atoms with Crippen molar-refractivity contribution in [1.29, 1.82) is 0 Å². The van der Waals surface area contributed by atoms with Crippen LogP contribution in [0.5, 0.6) is 0 Å². The van der Waals surface area contributed by atoms with Gasteiger partial charge in [0.05, 0.1) is 0 Å². The van der Waals surface area contributed by atoms with E-state index in [1.54, 1.807) is 128 Å². The molecule has 0 aliphatic heterocycles. The molecule has 0 aromatic heterocycles. The molecule has 0 heterocycles. The van der Waals surface area contributed by atoms with Crippen LogP contribution in [0.25, 0.3) is 0 Å². The molecule has 0 heteroatoms. The molecule has 0 amide bonds. The second-order valence-corrected chi connectivity index (χ2v) is 39.0. The van der Waals surface area contributed by atoms with E-state index in [0.29, 0.717) is 10.8 Å². The average Bonchev–Trinajstić information content (AvgIpc) is 1.01. The fourth-order valence-corrected chi connectivity index (χ4v) is 20.2. The van der Waals surface area contributed by atoms with Gasteiger partial charge in [0.1, 0.15) is 0 Å². The molecule has 92 heavy (non-hydrogen) atoms. The van der Waals surface area contributed by atoms with Gasteiger partial charge in [-0.25, -0.2) is 0 Å². The van der Waals surface area contributed by atoms with Crippen LogP contribution in [0, 0.1) is 128 Å². The number of rotatable bonds is 5. The van der Waals surface area contributed by atoms with Gasteiger partial charge in [0, 0.05) is 0 Å². The SMILES string of the molecule is CC.CC.CC(C)(C)C.CC(C)C.CC12CC3CC(CC(C3)C1)C2.CC1CCCC1.CC1CCCCC1.CCC(C)(C)C.CCC(C)C.CCC12CC3CC(CC(C3)C1)C2.CCC1CC2CCC1C2.CCC1CCCC1.CCC1CCCCC1.C[C@H]1CC2CCC1C2. The number of hydrogen-bond donors (Lipinski definition) is 0. The minimum atomic E-state index is 0.500. The molecule has 16 rings (SSSR count). The van der Waals surface area contributed by atoms with Crippen molar-refractivity contribution in [2.75, 3.05) is 0 Å². The highest BCUT2D eigenvalue weighted by Gasteiger charge is 2.50. The van der Waals surface area contributed by atoms with Gasteiger partial charge in [-0.2, -0.15) is 0 Å². The summed E-state index contributed by atoms with van der Waals surface area (Å²) in [5.41, 5.74) is 2.68. The Labute approximate surface area is 587 Å². The average molecular weight is 1290 g/mol. The third-order valence-electron chi connectivity index (χ3n) is 25.5. The van der Waals surface area contributed by atoms with E-state index in [1.807, 2.05) is 27.7 Å². The van der Waals surface area contributed by atoms with Gasteiger partial charge < -0.3 is 0 Å². The molecule has 0 radical (unpaired) electrons. The molecule has 0 saturated heterocycles. The lowest BCUT2D eigenvalue weighted by molar-refractivity contribution is -0.0545. The van der Waals surface area contributed by atoms with Gasteiger partial charge in [0.25, 0.3) is 0 Å². The lowest BCUT2D eigenvalue weighted by Crippen LogP contribution is -2.45. The molecule has 12 bridgehead atoms. The third-order valence-corrected chi connectivity index (χ3v) is 25.5. The van der Waals surface area contributed by atoms with E-state index in [2.05, 4.69) is 152 Å². The molecule has 5 unspecified atom stereocenters. The van der Waals surface area contributed by atoms with Gasteiger partial charge in [-0.1, -0.05) is 347 Å². The van der Waals surface area contributed by atoms with Gasteiger partial charge in [-0.15, -0.1) is 0 Å². The Kier molecular flexibility index (Phi) is 48.5. The van der Waals surface area contributed by atoms with Gasteiger partial charge in [-0.3, -0.25) is 0 Å². The van der Waals surface area contributed by atoms with Crippen LogP contribution < -0.4 is 0 Å². The lowest BCUT2D eigenvalue weighted by atomic mass is 9.49. The van der Waals surface area contributed by atoms with Crippen molar-refractivity contribution in [2.45, 2.75) is 463 Å². The molecule has 0 aromatic carbocycles. The second-order valence-electron chi connectivity index (χ2n) is 39.0. The van der Waals surface area contributed by atoms with Crippen LogP contribution >= 0.6 is 0 Å². The summed E-state index contributed by atoms with van der Waals surface area (Å²) >= 11 is 0. The molecule has 0 N–H and O–H groups in total. The molecular weight excluding hydrogens is 1110 g/mol. The van der Waals surface area contributed by atoms with E-state index in [0.717, 1.165) is 117 Å². The first-order chi connectivity index (χ1) is 43.5. The highest BCUT2D eigenvalue weighted by Crippen LogP contribution is 2.62. The Bertz CT molecular complexity index is 1550. The Hall–Kier alpha value is 0. The van der Waals surface area contributed by atoms with Gasteiger partial charge in [0.2, 0.25) is 0 Å². The summed E-state index contributed by atoms with van der Waals surface area (Å²) in [5.74, 6) is 19.7. The minimum Gasteiger partial charge on any atom is -0.0683 e. The summed E-state index contributed by atoms with van der Waals surface area (Å²) in [5, 5.41) is 0. The lowest BCUT2D eigenvalue weighted by Gasteiger charge is -2.56. The van der Waals surface area contributed by atoms with Crippen LogP contribution in [0.3, 0.4) is 0 Å². The fourth-order valence-electron chi connectivity index (χ4n) is 20.2. The van der Waals surface area contributed by atoms with Crippen LogP contribution in [0.15, 0.2) is 0 Å². The largest absolute Gasteiger partial charge is 0.0683 e. The molecule has 16 saturated carbocycles. The van der Waals surface area contributed by atoms with E-state index in [-0.39, 0.29) is 0 Å². The molecule has 16 aliphatic carbocycles. The van der Waals surface area contributed by atoms with Crippen LogP contribution in [-0.4, -0.2) is 0 Å². The topological polar surface area (TPSA) is 0 Å². The standard InChI is InChI=1S/C12H20.C11H18.C9H16.C8H14.C8H16.2C7H14.C6H12.C6H14.2C5H12.C4H10.2C2H6/c1-2-12-6-9-3-10(7-12)5-11(4-9)8-12;1-11-5-8-2-9(6-11)4-10(3-8)7-11;1-2-8-5-7-3-4-9(8)6-7;1-6-4-7-2-3-8(6)5-7;1-2-8-6-4-3-5-7-8;1-7-5-3-2-4-6-7;1-2-7-5-3-4-6-7;1-6-4-2-3-5-6;1-5-6(2,3)4;1-5(2,3)4;1-4-5(2)3;1-4(2)3;2*1-2/h9-11H,2-8H2,1H3;8-10H,2-7H2,1H3;7-9H,2-6H2,1H3;6-8H,2-5H2,1H3;8H,2-7H2,1H3;2*7H,2-6H2,1H3;6H,2-5H2,1H3;5H2,1-4H3;1-4H3;5H,4H2,1-3H3;4H,1-3H3;2*1-2H3/t;;;6-,7?,8?;;;;;;;;;;/m...0........../s1. The van der Waals surface area contributed by atoms with Crippen LogP contribution in [0.4, 0.5) is 0 Å². The summed E-state index contributed by atoms with van der Waals surface area (Å²) in [4.78, 5) is 0. The second kappa shape index (κ2) is 49.5. The smallest absolute Gasteiger partial charge is 0.0292 e. The predicted octanol–water partition coefficient (Wildman–Crippen LogP) is 32.7. The Balaban J connectivity index is 0.000000506. The summed E-state index contributed by atoms with van der Waals surface area (Å²) in [7, 11) is 0. The van der Waals surface area contributed by atoms with Gasteiger partial charge >= 0.3 is 0 Å². The van der Waals surface area contributed by atoms with Crippen LogP contribution in [0.1, 0.15) is 463 Å². The number of fused-ring (bicyclic) bond motifs is 4. The van der Waals surface area contributed by atoms with Crippen LogP contribution in [-0.2, 0) is 0 Å². The van der Waals surface area contributed by atoms with Crippen molar-refractivity contribution >= 4 is 0 Å². The molecule has 6 atom stereocenters. The van der Waals surface area contributed by atoms with Crippen molar-refractivity contribution in [3.8, 4) is 0 Å². The zero-order valence-corrected chi connectivity index (χ0v) is 69.5. The van der Waals surface area contributed by atoms with E-state index >= 15 is 0 Å². The first-order valence-electron chi connectivity index (χ1n) is 43.5. The quantitative estimate of drug-likeness (QED) is 0.257. The van der Waals surface area contributed by atoms with Crippen molar-refractivity contribution in [2.24, 2.45) is 128 Å². The summed E-state index contributed by atoms with van der Waals surface area (Å²) < 4.78 is 0. The fraction of sp³-hybridized carbons (Fsp3) is 1.00. The van der Waals surface area contributed by atoms with E-state index < -0.39 is 0 Å². The van der Waals surface area contributed by atoms with E-state index in [9.17, 15) is 0 Å². The Morgan fingerprint density at radius 1 is 0.359 bits per heavy atom. The van der Waals surface area contributed by atoms with Gasteiger partial charge in [-0.05, 0) is 244 Å². The summed E-state index contributed by atoms with van der Waals surface area (Å²) in [6.07, 6.45) is 66.8. The highest BCUT2D eigenvalue weighted by atomic mass is 14.6. The third kappa shape index (κ3) is 40.9. The normalized spacial score (nSPS) is 33.8. The Morgan fingerprint density at radius 2 is 0.652 bits per heavy atom. The molecule has 0 nitrogen and oxygen atoms in total. The molecule has 16 fully saturated rings.